The van der Waals surface area contributed by atoms with E-state index in [-0.39, 0.29) is 25.1 Å². The summed E-state index contributed by atoms with van der Waals surface area (Å²) in [6.07, 6.45) is 4.06. The Bertz CT molecular complexity index is 548. The van der Waals surface area contributed by atoms with Crippen LogP contribution in [0.25, 0.3) is 0 Å². The molecular formula is C15H19N3O2. The molecule has 0 radical (unpaired) electrons. The van der Waals surface area contributed by atoms with Crippen molar-refractivity contribution in [3.05, 3.63) is 29.6 Å². The number of aromatic nitrogens is 1. The monoisotopic (exact) mass is 273 g/mol. The second kappa shape index (κ2) is 6.51. The van der Waals surface area contributed by atoms with Crippen LogP contribution in [0.1, 0.15) is 29.3 Å². The van der Waals surface area contributed by atoms with Crippen LogP contribution in [0.3, 0.4) is 0 Å². The summed E-state index contributed by atoms with van der Waals surface area (Å²) in [7, 11) is 0. The summed E-state index contributed by atoms with van der Waals surface area (Å²) in [6, 6.07) is 1.61. The molecule has 1 fully saturated rings. The van der Waals surface area contributed by atoms with Gasteiger partial charge in [-0.1, -0.05) is 18.8 Å². The van der Waals surface area contributed by atoms with Gasteiger partial charge in [0, 0.05) is 24.5 Å². The van der Waals surface area contributed by atoms with Crippen LogP contribution in [0.5, 0.6) is 0 Å². The number of carbonyl (C=O) groups excluding carboxylic acids is 1. The number of amides is 1. The van der Waals surface area contributed by atoms with Gasteiger partial charge in [-0.15, -0.1) is 0 Å². The van der Waals surface area contributed by atoms with Crippen LogP contribution in [0, 0.1) is 17.8 Å². The normalized spacial score (nSPS) is 21.4. The van der Waals surface area contributed by atoms with E-state index in [1.165, 1.54) is 6.20 Å². The molecule has 0 saturated carbocycles. The van der Waals surface area contributed by atoms with E-state index < -0.39 is 0 Å². The van der Waals surface area contributed by atoms with Gasteiger partial charge in [0.1, 0.15) is 0 Å². The number of hydrogen-bond donors (Lipinski definition) is 2. The number of aliphatic hydroxyl groups excluding tert-OH is 1. The molecule has 2 atom stereocenters. The third-order valence-corrected chi connectivity index (χ3v) is 3.65. The van der Waals surface area contributed by atoms with Crippen LogP contribution in [-0.2, 0) is 0 Å². The highest BCUT2D eigenvalue weighted by Gasteiger charge is 2.34. The Hall–Kier alpha value is -1.90. The molecular weight excluding hydrogens is 254 g/mol. The van der Waals surface area contributed by atoms with Gasteiger partial charge in [-0.3, -0.25) is 9.78 Å². The number of carbonyl (C=O) groups is 1. The molecule has 3 N–H and O–H groups in total. The molecule has 2 heterocycles. The van der Waals surface area contributed by atoms with E-state index in [9.17, 15) is 9.90 Å². The van der Waals surface area contributed by atoms with E-state index in [1.54, 1.807) is 17.2 Å². The second-order valence-corrected chi connectivity index (χ2v) is 4.98. The highest BCUT2D eigenvalue weighted by molar-refractivity contribution is 5.94. The van der Waals surface area contributed by atoms with Gasteiger partial charge in [-0.25, -0.2) is 0 Å². The minimum atomic E-state index is -0.110. The average Bonchev–Trinajstić information content (AvgIpc) is 2.85. The van der Waals surface area contributed by atoms with Crippen molar-refractivity contribution in [3.63, 3.8) is 0 Å². The van der Waals surface area contributed by atoms with Crippen LogP contribution in [0.2, 0.25) is 0 Å². The summed E-state index contributed by atoms with van der Waals surface area (Å²) >= 11 is 0. The third kappa shape index (κ3) is 2.98. The largest absolute Gasteiger partial charge is 0.394 e. The SMILES string of the molecule is CC1CCN(C(=O)c2cncc(C#CCN)c2)C1CO. The first kappa shape index (κ1) is 14.5. The first-order valence-corrected chi connectivity index (χ1v) is 6.73. The predicted octanol–water partition coefficient (Wildman–Crippen LogP) is 0.235. The lowest BCUT2D eigenvalue weighted by Crippen LogP contribution is -2.39. The van der Waals surface area contributed by atoms with Gasteiger partial charge in [-0.2, -0.15) is 0 Å². The average molecular weight is 273 g/mol. The molecule has 0 aliphatic carbocycles. The Morgan fingerprint density at radius 3 is 3.10 bits per heavy atom. The van der Waals surface area contributed by atoms with Crippen LogP contribution < -0.4 is 5.73 Å². The predicted molar refractivity (Wildman–Crippen MR) is 75.9 cm³/mol. The van der Waals surface area contributed by atoms with Crippen molar-refractivity contribution in [2.75, 3.05) is 19.7 Å². The minimum absolute atomic E-state index is 0.00694. The first-order valence-electron chi connectivity index (χ1n) is 6.73. The van der Waals surface area contributed by atoms with Crippen LogP contribution >= 0.6 is 0 Å². The molecule has 1 aliphatic rings. The van der Waals surface area contributed by atoms with Crippen molar-refractivity contribution < 1.29 is 9.90 Å². The van der Waals surface area contributed by atoms with E-state index in [2.05, 4.69) is 23.7 Å². The minimum Gasteiger partial charge on any atom is -0.394 e. The maximum atomic E-state index is 12.5. The van der Waals surface area contributed by atoms with Crippen molar-refractivity contribution in [3.8, 4) is 11.8 Å². The van der Waals surface area contributed by atoms with Gasteiger partial charge in [0.15, 0.2) is 0 Å². The highest BCUT2D eigenvalue weighted by atomic mass is 16.3. The van der Waals surface area contributed by atoms with Gasteiger partial charge >= 0.3 is 0 Å². The Balaban J connectivity index is 2.21. The summed E-state index contributed by atoms with van der Waals surface area (Å²) in [5.74, 6) is 5.82. The number of rotatable bonds is 2. The summed E-state index contributed by atoms with van der Waals surface area (Å²) < 4.78 is 0. The molecule has 5 nitrogen and oxygen atoms in total. The fraction of sp³-hybridized carbons (Fsp3) is 0.467. The number of nitrogens with two attached hydrogens (primary N) is 1. The van der Waals surface area contributed by atoms with E-state index in [0.717, 1.165) is 6.42 Å². The van der Waals surface area contributed by atoms with Crippen molar-refractivity contribution in [1.82, 2.24) is 9.88 Å². The number of aliphatic hydroxyl groups is 1. The van der Waals surface area contributed by atoms with Gasteiger partial charge in [0.05, 0.1) is 24.8 Å². The maximum absolute atomic E-state index is 12.5. The second-order valence-electron chi connectivity index (χ2n) is 4.98. The lowest BCUT2D eigenvalue weighted by molar-refractivity contribution is 0.0647. The van der Waals surface area contributed by atoms with Crippen molar-refractivity contribution >= 4 is 5.91 Å². The molecule has 1 aromatic heterocycles. The molecule has 20 heavy (non-hydrogen) atoms. The Labute approximate surface area is 118 Å². The van der Waals surface area contributed by atoms with Gasteiger partial charge in [0.25, 0.3) is 5.91 Å². The van der Waals surface area contributed by atoms with E-state index >= 15 is 0 Å². The molecule has 0 spiro atoms. The molecule has 1 amide bonds. The Morgan fingerprint density at radius 2 is 2.40 bits per heavy atom. The Kier molecular flexibility index (Phi) is 4.72. The van der Waals surface area contributed by atoms with Crippen LogP contribution in [0.4, 0.5) is 0 Å². The molecule has 5 heteroatoms. The van der Waals surface area contributed by atoms with E-state index in [4.69, 9.17) is 5.73 Å². The lowest BCUT2D eigenvalue weighted by Gasteiger charge is -2.25. The molecule has 1 aliphatic heterocycles. The number of nitrogens with zero attached hydrogens (tertiary/aromatic N) is 2. The van der Waals surface area contributed by atoms with Crippen molar-refractivity contribution in [2.45, 2.75) is 19.4 Å². The Morgan fingerprint density at radius 1 is 1.60 bits per heavy atom. The third-order valence-electron chi connectivity index (χ3n) is 3.65. The maximum Gasteiger partial charge on any atom is 0.255 e. The van der Waals surface area contributed by atoms with Crippen molar-refractivity contribution in [2.24, 2.45) is 11.7 Å². The van der Waals surface area contributed by atoms with Gasteiger partial charge < -0.3 is 15.7 Å². The number of pyridine rings is 1. The smallest absolute Gasteiger partial charge is 0.255 e. The quantitative estimate of drug-likeness (QED) is 0.756. The molecule has 2 rings (SSSR count). The van der Waals surface area contributed by atoms with Crippen LogP contribution in [-0.4, -0.2) is 46.6 Å². The molecule has 0 bridgehead atoms. The highest BCUT2D eigenvalue weighted by Crippen LogP contribution is 2.25. The van der Waals surface area contributed by atoms with Crippen molar-refractivity contribution in [1.29, 1.82) is 0 Å². The van der Waals surface area contributed by atoms with Crippen LogP contribution in [0.15, 0.2) is 18.5 Å². The number of hydrogen-bond acceptors (Lipinski definition) is 4. The number of likely N-dealkylation sites (tertiary alicyclic amines) is 1. The lowest BCUT2D eigenvalue weighted by atomic mass is 10.0. The van der Waals surface area contributed by atoms with E-state index in [0.29, 0.717) is 23.6 Å². The zero-order valence-corrected chi connectivity index (χ0v) is 11.5. The van der Waals surface area contributed by atoms with Gasteiger partial charge in [-0.05, 0) is 18.4 Å². The summed E-state index contributed by atoms with van der Waals surface area (Å²) in [6.45, 7) is 2.99. The molecule has 1 aromatic rings. The molecule has 106 valence electrons. The standard InChI is InChI=1S/C15H19N3O2/c1-11-4-6-18(14(11)10-19)15(20)13-7-12(3-2-5-16)8-17-9-13/h7-9,11,14,19H,4-6,10,16H2,1H3. The van der Waals surface area contributed by atoms with E-state index in [1.807, 2.05) is 0 Å². The molecule has 2 unspecified atom stereocenters. The topological polar surface area (TPSA) is 79.5 Å². The summed E-state index contributed by atoms with van der Waals surface area (Å²) in [5.41, 5.74) is 6.50. The fourth-order valence-corrected chi connectivity index (χ4v) is 2.48. The zero-order chi connectivity index (χ0) is 14.5. The van der Waals surface area contributed by atoms with Gasteiger partial charge in [0.2, 0.25) is 0 Å². The first-order chi connectivity index (χ1) is 9.67. The molecule has 1 saturated heterocycles. The summed E-state index contributed by atoms with van der Waals surface area (Å²) in [4.78, 5) is 18.3. The fourth-order valence-electron chi connectivity index (χ4n) is 2.48. The summed E-state index contributed by atoms with van der Waals surface area (Å²) in [5, 5.41) is 9.43. The zero-order valence-electron chi connectivity index (χ0n) is 11.5. The molecule has 0 aromatic carbocycles.